The molecule has 1 heterocycles. The van der Waals surface area contributed by atoms with Crippen molar-refractivity contribution in [3.8, 4) is 0 Å². The summed E-state index contributed by atoms with van der Waals surface area (Å²) in [7, 11) is 0. The van der Waals surface area contributed by atoms with Gasteiger partial charge >= 0.3 is 0 Å². The summed E-state index contributed by atoms with van der Waals surface area (Å²) >= 11 is 1.54. The molecule has 1 aromatic heterocycles. The normalized spacial score (nSPS) is 18.6. The van der Waals surface area contributed by atoms with E-state index in [0.29, 0.717) is 13.0 Å². The first-order valence-corrected chi connectivity index (χ1v) is 6.55. The van der Waals surface area contributed by atoms with Gasteiger partial charge in [-0.05, 0) is 12.8 Å². The minimum atomic E-state index is -0.258. The summed E-state index contributed by atoms with van der Waals surface area (Å²) in [4.78, 5) is 15.8. The minimum Gasteiger partial charge on any atom is -0.350 e. The second-order valence-electron chi connectivity index (χ2n) is 4.50. The molecule has 1 aromatic rings. The predicted molar refractivity (Wildman–Crippen MR) is 64.0 cm³/mol. The van der Waals surface area contributed by atoms with Gasteiger partial charge in [-0.3, -0.25) is 4.79 Å². The molecule has 2 rings (SSSR count). The van der Waals surface area contributed by atoms with Crippen molar-refractivity contribution in [2.75, 3.05) is 0 Å². The molecule has 1 amide bonds. The molecule has 0 radical (unpaired) electrons. The van der Waals surface area contributed by atoms with E-state index >= 15 is 0 Å². The Kier molecular flexibility index (Phi) is 3.56. The first-order valence-electron chi connectivity index (χ1n) is 5.61. The Bertz CT molecular complexity index is 344. The van der Waals surface area contributed by atoms with Crippen LogP contribution < -0.4 is 11.1 Å². The Hall–Kier alpha value is -0.940. The third-order valence-corrected chi connectivity index (χ3v) is 3.70. The largest absolute Gasteiger partial charge is 0.350 e. The molecule has 0 aromatic carbocycles. The zero-order valence-corrected chi connectivity index (χ0v) is 10.1. The summed E-state index contributed by atoms with van der Waals surface area (Å²) in [5.74, 6) is 0.0393. The van der Waals surface area contributed by atoms with Gasteiger partial charge in [0.15, 0.2) is 0 Å². The first kappa shape index (κ1) is 11.5. The molecule has 1 aliphatic rings. The van der Waals surface area contributed by atoms with Gasteiger partial charge in [0.2, 0.25) is 5.91 Å². The van der Waals surface area contributed by atoms with Crippen molar-refractivity contribution in [3.63, 3.8) is 0 Å². The lowest BCUT2D eigenvalue weighted by Gasteiger charge is -2.22. The summed E-state index contributed by atoms with van der Waals surface area (Å²) in [6.45, 7) is 0.512. The summed E-state index contributed by atoms with van der Waals surface area (Å²) in [5, 5.41) is 4.80. The maximum absolute atomic E-state index is 11.7. The van der Waals surface area contributed by atoms with Crippen molar-refractivity contribution in [2.24, 2.45) is 5.73 Å². The Balaban J connectivity index is 1.76. The summed E-state index contributed by atoms with van der Waals surface area (Å²) in [6.07, 6.45) is 4.68. The van der Waals surface area contributed by atoms with Gasteiger partial charge in [0.25, 0.3) is 0 Å². The maximum atomic E-state index is 11.7. The van der Waals surface area contributed by atoms with E-state index in [1.165, 1.54) is 11.3 Å². The number of carbonyl (C=O) groups is 1. The fourth-order valence-electron chi connectivity index (χ4n) is 2.15. The van der Waals surface area contributed by atoms with Crippen LogP contribution in [0.1, 0.15) is 37.8 Å². The van der Waals surface area contributed by atoms with Crippen molar-refractivity contribution >= 4 is 17.2 Å². The van der Waals surface area contributed by atoms with Gasteiger partial charge in [-0.25, -0.2) is 4.98 Å². The van der Waals surface area contributed by atoms with Gasteiger partial charge in [-0.15, -0.1) is 11.3 Å². The smallest absolute Gasteiger partial charge is 0.222 e. The number of aromatic nitrogens is 1. The fraction of sp³-hybridized carbons (Fsp3) is 0.636. The number of carbonyl (C=O) groups excluding carboxylic acids is 1. The molecule has 0 saturated heterocycles. The molecule has 0 spiro atoms. The second kappa shape index (κ2) is 4.93. The molecule has 16 heavy (non-hydrogen) atoms. The third-order valence-electron chi connectivity index (χ3n) is 3.06. The van der Waals surface area contributed by atoms with Crippen LogP contribution in [0.15, 0.2) is 10.9 Å². The van der Waals surface area contributed by atoms with Crippen LogP contribution >= 0.6 is 11.3 Å². The lowest BCUT2D eigenvalue weighted by atomic mass is 9.94. The number of thiazole rings is 1. The van der Waals surface area contributed by atoms with E-state index in [1.807, 2.05) is 5.38 Å². The van der Waals surface area contributed by atoms with Gasteiger partial charge in [-0.2, -0.15) is 0 Å². The Morgan fingerprint density at radius 3 is 2.94 bits per heavy atom. The molecule has 0 atom stereocenters. The van der Waals surface area contributed by atoms with Gasteiger partial charge in [0, 0.05) is 17.3 Å². The highest BCUT2D eigenvalue weighted by molar-refractivity contribution is 7.07. The van der Waals surface area contributed by atoms with Crippen molar-refractivity contribution in [3.05, 3.63) is 16.6 Å². The first-order chi connectivity index (χ1) is 7.68. The molecule has 1 aliphatic carbocycles. The Morgan fingerprint density at radius 2 is 2.31 bits per heavy atom. The van der Waals surface area contributed by atoms with E-state index in [9.17, 15) is 4.79 Å². The quantitative estimate of drug-likeness (QED) is 0.835. The molecule has 3 N–H and O–H groups in total. The Labute approximate surface area is 99.3 Å². The van der Waals surface area contributed by atoms with Crippen LogP contribution in [0.5, 0.6) is 0 Å². The topological polar surface area (TPSA) is 68.0 Å². The van der Waals surface area contributed by atoms with Gasteiger partial charge in [0.1, 0.15) is 0 Å². The zero-order chi connectivity index (χ0) is 11.4. The summed E-state index contributed by atoms with van der Waals surface area (Å²) in [6, 6.07) is 0. The lowest BCUT2D eigenvalue weighted by Crippen LogP contribution is -2.42. The fourth-order valence-corrected chi connectivity index (χ4v) is 2.71. The van der Waals surface area contributed by atoms with E-state index in [4.69, 9.17) is 5.73 Å². The molecule has 5 heteroatoms. The second-order valence-corrected chi connectivity index (χ2v) is 5.22. The zero-order valence-electron chi connectivity index (χ0n) is 9.24. The minimum absolute atomic E-state index is 0.0393. The standard InChI is InChI=1S/C11H17N3OS/c12-11(3-1-2-4-11)5-10(15)13-6-9-7-16-8-14-9/h7-8H,1-6,12H2,(H,13,15). The van der Waals surface area contributed by atoms with Crippen LogP contribution in [0.4, 0.5) is 0 Å². The van der Waals surface area contributed by atoms with Crippen molar-refractivity contribution in [1.82, 2.24) is 10.3 Å². The SMILES string of the molecule is NC1(CC(=O)NCc2cscn2)CCCC1. The van der Waals surface area contributed by atoms with E-state index < -0.39 is 0 Å². The van der Waals surface area contributed by atoms with Gasteiger partial charge < -0.3 is 11.1 Å². The number of nitrogens with two attached hydrogens (primary N) is 1. The lowest BCUT2D eigenvalue weighted by molar-refractivity contribution is -0.122. The Morgan fingerprint density at radius 1 is 1.56 bits per heavy atom. The number of rotatable bonds is 4. The van der Waals surface area contributed by atoms with Crippen molar-refractivity contribution in [1.29, 1.82) is 0 Å². The van der Waals surface area contributed by atoms with Crippen molar-refractivity contribution in [2.45, 2.75) is 44.2 Å². The molecule has 0 aliphatic heterocycles. The maximum Gasteiger partial charge on any atom is 0.222 e. The molecular formula is C11H17N3OS. The van der Waals surface area contributed by atoms with Crippen LogP contribution in [0.3, 0.4) is 0 Å². The van der Waals surface area contributed by atoms with E-state index in [2.05, 4.69) is 10.3 Å². The van der Waals surface area contributed by atoms with Gasteiger partial charge in [-0.1, -0.05) is 12.8 Å². The van der Waals surface area contributed by atoms with Crippen molar-refractivity contribution < 1.29 is 4.79 Å². The highest BCUT2D eigenvalue weighted by Gasteiger charge is 2.31. The molecule has 1 fully saturated rings. The highest BCUT2D eigenvalue weighted by atomic mass is 32.1. The van der Waals surface area contributed by atoms with Gasteiger partial charge in [0.05, 0.1) is 17.7 Å². The number of hydrogen-bond donors (Lipinski definition) is 2. The van der Waals surface area contributed by atoms with E-state index in [1.54, 1.807) is 5.51 Å². The molecule has 88 valence electrons. The molecule has 4 nitrogen and oxygen atoms in total. The predicted octanol–water partition coefficient (Wildman–Crippen LogP) is 1.42. The average molecular weight is 239 g/mol. The average Bonchev–Trinajstić information content (AvgIpc) is 2.86. The number of amides is 1. The summed E-state index contributed by atoms with van der Waals surface area (Å²) < 4.78 is 0. The van der Waals surface area contributed by atoms with E-state index in [-0.39, 0.29) is 11.4 Å². The third kappa shape index (κ3) is 3.02. The van der Waals surface area contributed by atoms with Crippen LogP contribution in [-0.4, -0.2) is 16.4 Å². The molecule has 0 bridgehead atoms. The van der Waals surface area contributed by atoms with E-state index in [0.717, 1.165) is 31.4 Å². The molecule has 0 unspecified atom stereocenters. The monoisotopic (exact) mass is 239 g/mol. The molecule has 1 saturated carbocycles. The highest BCUT2D eigenvalue weighted by Crippen LogP contribution is 2.29. The number of nitrogens with one attached hydrogen (secondary N) is 1. The van der Waals surface area contributed by atoms with Crippen LogP contribution in [0.25, 0.3) is 0 Å². The van der Waals surface area contributed by atoms with Crippen LogP contribution in [0.2, 0.25) is 0 Å². The number of hydrogen-bond acceptors (Lipinski definition) is 4. The summed E-state index contributed by atoms with van der Waals surface area (Å²) in [5.41, 5.74) is 8.56. The van der Waals surface area contributed by atoms with Crippen LogP contribution in [-0.2, 0) is 11.3 Å². The molecular weight excluding hydrogens is 222 g/mol. The van der Waals surface area contributed by atoms with Crippen LogP contribution in [0, 0.1) is 0 Å². The number of nitrogens with zero attached hydrogens (tertiary/aromatic N) is 1.